The topological polar surface area (TPSA) is 65.0 Å². The van der Waals surface area contributed by atoms with E-state index in [0.717, 1.165) is 18.4 Å². The van der Waals surface area contributed by atoms with Gasteiger partial charge in [0.1, 0.15) is 0 Å². The van der Waals surface area contributed by atoms with Crippen LogP contribution in [0.25, 0.3) is 0 Å². The maximum Gasteiger partial charge on any atom is 0.314 e. The van der Waals surface area contributed by atoms with Crippen LogP contribution in [0.5, 0.6) is 17.2 Å². The molecule has 0 heterocycles. The fourth-order valence-corrected chi connectivity index (χ4v) is 2.96. The maximum atomic E-state index is 11.8. The minimum absolute atomic E-state index is 0.484. The highest BCUT2D eigenvalue weighted by molar-refractivity contribution is 5.82. The van der Waals surface area contributed by atoms with Gasteiger partial charge in [0, 0.05) is 0 Å². The number of ether oxygens (including phenoxy) is 3. The number of rotatable bonds is 5. The Morgan fingerprint density at radius 1 is 1.05 bits per heavy atom. The van der Waals surface area contributed by atoms with Crippen LogP contribution in [0.2, 0.25) is 0 Å². The van der Waals surface area contributed by atoms with E-state index in [1.54, 1.807) is 12.1 Å². The van der Waals surface area contributed by atoms with Gasteiger partial charge in [-0.3, -0.25) is 4.79 Å². The number of carboxylic acids is 1. The van der Waals surface area contributed by atoms with Gasteiger partial charge in [0.2, 0.25) is 5.75 Å². The van der Waals surface area contributed by atoms with Crippen molar-refractivity contribution in [1.29, 1.82) is 0 Å². The zero-order valence-corrected chi connectivity index (χ0v) is 12.1. The van der Waals surface area contributed by atoms with Gasteiger partial charge in [0.15, 0.2) is 11.5 Å². The third-order valence-corrected chi connectivity index (χ3v) is 4.08. The van der Waals surface area contributed by atoms with Crippen molar-refractivity contribution >= 4 is 5.97 Å². The zero-order chi connectivity index (χ0) is 14.8. The van der Waals surface area contributed by atoms with Gasteiger partial charge in [-0.05, 0) is 30.5 Å². The number of hydrogen-bond acceptors (Lipinski definition) is 4. The summed E-state index contributed by atoms with van der Waals surface area (Å²) in [6, 6.07) is 3.50. The Morgan fingerprint density at radius 3 is 1.90 bits per heavy atom. The van der Waals surface area contributed by atoms with Crippen LogP contribution in [-0.4, -0.2) is 32.4 Å². The summed E-state index contributed by atoms with van der Waals surface area (Å²) < 4.78 is 15.9. The third kappa shape index (κ3) is 2.17. The molecule has 0 atom stereocenters. The average molecular weight is 280 g/mol. The lowest BCUT2D eigenvalue weighted by Crippen LogP contribution is -2.32. The lowest BCUT2D eigenvalue weighted by Gasteiger charge is -2.26. The Hall–Kier alpha value is -1.91. The Morgan fingerprint density at radius 2 is 1.55 bits per heavy atom. The van der Waals surface area contributed by atoms with Crippen LogP contribution in [0.15, 0.2) is 12.1 Å². The Labute approximate surface area is 118 Å². The fraction of sp³-hybridized carbons (Fsp3) is 0.533. The number of carboxylic acid groups (broad SMARTS) is 1. The SMILES string of the molecule is COc1cc(C2(C(=O)O)CCCC2)cc(OC)c1OC. The van der Waals surface area contributed by atoms with E-state index in [-0.39, 0.29) is 0 Å². The highest BCUT2D eigenvalue weighted by Crippen LogP contribution is 2.47. The number of benzene rings is 1. The van der Waals surface area contributed by atoms with Gasteiger partial charge in [0.05, 0.1) is 26.7 Å². The highest BCUT2D eigenvalue weighted by Gasteiger charge is 2.43. The zero-order valence-electron chi connectivity index (χ0n) is 12.1. The number of hydrogen-bond donors (Lipinski definition) is 1. The Bertz CT molecular complexity index is 478. The van der Waals surface area contributed by atoms with Crippen molar-refractivity contribution in [3.8, 4) is 17.2 Å². The van der Waals surface area contributed by atoms with Crippen LogP contribution in [0.3, 0.4) is 0 Å². The molecule has 5 heteroatoms. The fourth-order valence-electron chi connectivity index (χ4n) is 2.96. The van der Waals surface area contributed by atoms with Crippen molar-refractivity contribution in [3.63, 3.8) is 0 Å². The van der Waals surface area contributed by atoms with Crippen molar-refractivity contribution in [1.82, 2.24) is 0 Å². The molecule has 0 saturated heterocycles. The molecule has 0 radical (unpaired) electrons. The van der Waals surface area contributed by atoms with Crippen LogP contribution in [0, 0.1) is 0 Å². The van der Waals surface area contributed by atoms with E-state index in [2.05, 4.69) is 0 Å². The second kappa shape index (κ2) is 5.61. The first-order valence-corrected chi connectivity index (χ1v) is 6.63. The molecule has 1 N–H and O–H groups in total. The largest absolute Gasteiger partial charge is 0.493 e. The number of carbonyl (C=O) groups is 1. The van der Waals surface area contributed by atoms with Gasteiger partial charge >= 0.3 is 5.97 Å². The molecule has 0 unspecified atom stereocenters. The van der Waals surface area contributed by atoms with Crippen molar-refractivity contribution in [3.05, 3.63) is 17.7 Å². The normalized spacial score (nSPS) is 16.8. The molecule has 1 aromatic rings. The number of aliphatic carboxylic acids is 1. The first kappa shape index (κ1) is 14.5. The molecular formula is C15H20O5. The van der Waals surface area contributed by atoms with Gasteiger partial charge in [-0.15, -0.1) is 0 Å². The molecule has 0 aliphatic heterocycles. The van der Waals surface area contributed by atoms with E-state index >= 15 is 0 Å². The molecule has 0 aromatic heterocycles. The molecule has 1 saturated carbocycles. The molecule has 1 fully saturated rings. The van der Waals surface area contributed by atoms with Crippen molar-refractivity contribution in [2.45, 2.75) is 31.1 Å². The molecule has 1 aliphatic rings. The van der Waals surface area contributed by atoms with Gasteiger partial charge in [0.25, 0.3) is 0 Å². The quantitative estimate of drug-likeness (QED) is 0.898. The average Bonchev–Trinajstić information content (AvgIpc) is 2.96. The summed E-state index contributed by atoms with van der Waals surface area (Å²) >= 11 is 0. The standard InChI is InChI=1S/C15H20O5/c1-18-11-8-10(9-12(19-2)13(11)20-3)15(14(16)17)6-4-5-7-15/h8-9H,4-7H2,1-3H3,(H,16,17). The first-order chi connectivity index (χ1) is 9.58. The summed E-state index contributed by atoms with van der Waals surface area (Å²) in [5.41, 5.74) is -0.121. The maximum absolute atomic E-state index is 11.8. The third-order valence-electron chi connectivity index (χ3n) is 4.08. The Balaban J connectivity index is 2.59. The van der Waals surface area contributed by atoms with Crippen molar-refractivity contribution < 1.29 is 24.1 Å². The summed E-state index contributed by atoms with van der Waals surface area (Å²) in [6.45, 7) is 0. The van der Waals surface area contributed by atoms with Crippen LogP contribution in [0.4, 0.5) is 0 Å². The summed E-state index contributed by atoms with van der Waals surface area (Å²) in [5, 5.41) is 9.66. The van der Waals surface area contributed by atoms with Crippen LogP contribution in [0.1, 0.15) is 31.2 Å². The molecule has 0 bridgehead atoms. The summed E-state index contributed by atoms with van der Waals surface area (Å²) in [6.07, 6.45) is 3.12. The second-order valence-corrected chi connectivity index (χ2v) is 5.01. The molecule has 1 aromatic carbocycles. The molecule has 0 amide bonds. The van der Waals surface area contributed by atoms with Gasteiger partial charge < -0.3 is 19.3 Å². The first-order valence-electron chi connectivity index (χ1n) is 6.63. The van der Waals surface area contributed by atoms with Crippen molar-refractivity contribution in [2.75, 3.05) is 21.3 Å². The summed E-state index contributed by atoms with van der Waals surface area (Å²) in [7, 11) is 4.59. The molecule has 1 aliphatic carbocycles. The van der Waals surface area contributed by atoms with Crippen LogP contribution < -0.4 is 14.2 Å². The van der Waals surface area contributed by atoms with E-state index < -0.39 is 11.4 Å². The highest BCUT2D eigenvalue weighted by atomic mass is 16.5. The molecule has 20 heavy (non-hydrogen) atoms. The van der Waals surface area contributed by atoms with E-state index in [1.807, 2.05) is 0 Å². The number of methoxy groups -OCH3 is 3. The van der Waals surface area contributed by atoms with E-state index in [9.17, 15) is 9.90 Å². The Kier molecular flexibility index (Phi) is 4.06. The lowest BCUT2D eigenvalue weighted by atomic mass is 9.78. The molecule has 5 nitrogen and oxygen atoms in total. The van der Waals surface area contributed by atoms with Crippen LogP contribution in [-0.2, 0) is 10.2 Å². The van der Waals surface area contributed by atoms with E-state index in [1.165, 1.54) is 21.3 Å². The monoisotopic (exact) mass is 280 g/mol. The van der Waals surface area contributed by atoms with Crippen molar-refractivity contribution in [2.24, 2.45) is 0 Å². The van der Waals surface area contributed by atoms with Crippen LogP contribution >= 0.6 is 0 Å². The van der Waals surface area contributed by atoms with Gasteiger partial charge in [-0.2, -0.15) is 0 Å². The van der Waals surface area contributed by atoms with Gasteiger partial charge in [-0.25, -0.2) is 0 Å². The summed E-state index contributed by atoms with van der Waals surface area (Å²) in [5.74, 6) is 0.685. The minimum atomic E-state index is -0.840. The van der Waals surface area contributed by atoms with E-state index in [0.29, 0.717) is 30.1 Å². The predicted octanol–water partition coefficient (Wildman–Crippen LogP) is 2.61. The molecule has 110 valence electrons. The lowest BCUT2D eigenvalue weighted by molar-refractivity contribution is -0.143. The molecule has 2 rings (SSSR count). The smallest absolute Gasteiger partial charge is 0.314 e. The second-order valence-electron chi connectivity index (χ2n) is 5.01. The minimum Gasteiger partial charge on any atom is -0.493 e. The summed E-state index contributed by atoms with van der Waals surface area (Å²) in [4.78, 5) is 11.8. The van der Waals surface area contributed by atoms with E-state index in [4.69, 9.17) is 14.2 Å². The van der Waals surface area contributed by atoms with Gasteiger partial charge in [-0.1, -0.05) is 12.8 Å². The molecule has 0 spiro atoms. The molecular weight excluding hydrogens is 260 g/mol. The predicted molar refractivity (Wildman–Crippen MR) is 73.9 cm³/mol.